The Labute approximate surface area is 171 Å². The third-order valence-corrected chi connectivity index (χ3v) is 6.42. The maximum absolute atomic E-state index is 5.95. The number of benzene rings is 2. The van der Waals surface area contributed by atoms with Crippen LogP contribution in [0.1, 0.15) is 29.9 Å². The summed E-state index contributed by atoms with van der Waals surface area (Å²) in [5.41, 5.74) is 2.83. The molecule has 0 bridgehead atoms. The van der Waals surface area contributed by atoms with E-state index < -0.39 is 0 Å². The highest BCUT2D eigenvalue weighted by Gasteiger charge is 2.22. The summed E-state index contributed by atoms with van der Waals surface area (Å²) in [4.78, 5) is 5.69. The number of hydrogen-bond donors (Lipinski definition) is 0. The van der Waals surface area contributed by atoms with E-state index in [4.69, 9.17) is 23.8 Å². The van der Waals surface area contributed by atoms with Crippen molar-refractivity contribution in [2.45, 2.75) is 30.2 Å². The normalized spacial score (nSPS) is 15.5. The van der Waals surface area contributed by atoms with Gasteiger partial charge in [0.15, 0.2) is 0 Å². The second kappa shape index (κ2) is 9.23. The fourth-order valence-electron chi connectivity index (χ4n) is 3.32. The van der Waals surface area contributed by atoms with Crippen molar-refractivity contribution in [2.24, 2.45) is 0 Å². The van der Waals surface area contributed by atoms with Crippen molar-refractivity contribution in [1.29, 1.82) is 0 Å². The molecule has 0 atom stereocenters. The number of halogens is 1. The Morgan fingerprint density at radius 1 is 1.08 bits per heavy atom. The molecule has 1 saturated heterocycles. The maximum Gasteiger partial charge on any atom is 0.141 e. The molecule has 0 N–H and O–H groups in total. The topological polar surface area (TPSA) is 6.48 Å². The Balaban J connectivity index is 1.52. The van der Waals surface area contributed by atoms with E-state index in [1.807, 2.05) is 24.3 Å². The van der Waals surface area contributed by atoms with Crippen molar-refractivity contribution < 1.29 is 0 Å². The molecule has 0 aromatic heterocycles. The van der Waals surface area contributed by atoms with E-state index in [2.05, 4.69) is 48.2 Å². The number of piperidine rings is 1. The second-order valence-corrected chi connectivity index (χ2v) is 9.21. The predicted octanol–water partition coefficient (Wildman–Crippen LogP) is 5.66. The molecule has 0 unspecified atom stereocenters. The van der Waals surface area contributed by atoms with Gasteiger partial charge in [0, 0.05) is 29.6 Å². The van der Waals surface area contributed by atoms with Gasteiger partial charge in [0.25, 0.3) is 0 Å². The van der Waals surface area contributed by atoms with Crippen molar-refractivity contribution in [1.82, 2.24) is 9.80 Å². The molecule has 0 radical (unpaired) electrons. The number of thioether (sulfide) groups is 1. The molecule has 0 aliphatic carbocycles. The highest BCUT2D eigenvalue weighted by atomic mass is 35.5. The fraction of sp³-hybridized carbons (Fsp3) is 0.381. The lowest BCUT2D eigenvalue weighted by Crippen LogP contribution is -2.35. The van der Waals surface area contributed by atoms with E-state index in [1.165, 1.54) is 11.1 Å². The average Bonchev–Trinajstić information content (AvgIpc) is 2.64. The van der Waals surface area contributed by atoms with Crippen LogP contribution in [-0.2, 0) is 6.54 Å². The van der Waals surface area contributed by atoms with Crippen LogP contribution < -0.4 is 0 Å². The van der Waals surface area contributed by atoms with Crippen LogP contribution in [0.4, 0.5) is 0 Å². The summed E-state index contributed by atoms with van der Waals surface area (Å²) in [5, 5.41) is 0.762. The van der Waals surface area contributed by atoms with Crippen LogP contribution >= 0.6 is 35.6 Å². The molecule has 138 valence electrons. The first kappa shape index (κ1) is 19.7. The van der Waals surface area contributed by atoms with Crippen LogP contribution in [0.2, 0.25) is 5.02 Å². The van der Waals surface area contributed by atoms with Gasteiger partial charge in [-0.15, -0.1) is 0 Å². The van der Waals surface area contributed by atoms with Crippen LogP contribution in [0.15, 0.2) is 53.4 Å². The van der Waals surface area contributed by atoms with Crippen molar-refractivity contribution in [3.05, 3.63) is 64.7 Å². The van der Waals surface area contributed by atoms with E-state index in [0.29, 0.717) is 5.92 Å². The number of nitrogens with zero attached hydrogens (tertiary/aromatic N) is 2. The fourth-order valence-corrected chi connectivity index (χ4v) is 4.71. The molecule has 1 aliphatic heterocycles. The number of thiocarbonyl (C=S) groups is 1. The molecular formula is C21H25ClN2S2. The van der Waals surface area contributed by atoms with Crippen LogP contribution in [0.25, 0.3) is 0 Å². The van der Waals surface area contributed by atoms with E-state index >= 15 is 0 Å². The molecule has 2 nitrogen and oxygen atoms in total. The zero-order chi connectivity index (χ0) is 18.5. The standard InChI is InChI=1S/C21H25ClN2S2/c1-23(2)15-16-3-5-17(6-4-16)18-11-13-24(14-12-18)21(25)26-20-9-7-19(22)8-10-20/h3-10,18H,11-15H2,1-2H3. The molecule has 5 heteroatoms. The van der Waals surface area contributed by atoms with Crippen molar-refractivity contribution in [3.63, 3.8) is 0 Å². The van der Waals surface area contributed by atoms with Gasteiger partial charge in [0.05, 0.1) is 0 Å². The Morgan fingerprint density at radius 3 is 2.27 bits per heavy atom. The minimum atomic E-state index is 0.642. The van der Waals surface area contributed by atoms with Gasteiger partial charge >= 0.3 is 0 Å². The lowest BCUT2D eigenvalue weighted by atomic mass is 9.89. The predicted molar refractivity (Wildman–Crippen MR) is 117 cm³/mol. The molecule has 0 saturated carbocycles. The van der Waals surface area contributed by atoms with Crippen molar-refractivity contribution >= 4 is 39.9 Å². The van der Waals surface area contributed by atoms with Gasteiger partial charge in [-0.25, -0.2) is 0 Å². The molecule has 2 aromatic rings. The van der Waals surface area contributed by atoms with Crippen LogP contribution in [-0.4, -0.2) is 41.3 Å². The minimum absolute atomic E-state index is 0.642. The average molecular weight is 405 g/mol. The summed E-state index contributed by atoms with van der Waals surface area (Å²) in [5.74, 6) is 0.642. The third kappa shape index (κ3) is 5.46. The van der Waals surface area contributed by atoms with Crippen molar-refractivity contribution in [3.8, 4) is 0 Å². The number of rotatable bonds is 4. The van der Waals surface area contributed by atoms with Gasteiger partial charge in [-0.05, 0) is 68.2 Å². The minimum Gasteiger partial charge on any atom is -0.357 e. The maximum atomic E-state index is 5.95. The molecular weight excluding hydrogens is 380 g/mol. The van der Waals surface area contributed by atoms with Crippen LogP contribution in [0.3, 0.4) is 0 Å². The molecule has 3 rings (SSSR count). The highest BCUT2D eigenvalue weighted by molar-refractivity contribution is 8.22. The SMILES string of the molecule is CN(C)Cc1ccc(C2CCN(C(=S)Sc3ccc(Cl)cc3)CC2)cc1. The van der Waals surface area contributed by atoms with Gasteiger partial charge < -0.3 is 9.80 Å². The zero-order valence-corrected chi connectivity index (χ0v) is 17.7. The smallest absolute Gasteiger partial charge is 0.141 e. The summed E-state index contributed by atoms with van der Waals surface area (Å²) in [6.45, 7) is 3.06. The summed E-state index contributed by atoms with van der Waals surface area (Å²) < 4.78 is 0.965. The van der Waals surface area contributed by atoms with E-state index in [1.54, 1.807) is 11.8 Å². The van der Waals surface area contributed by atoms with E-state index in [0.717, 1.165) is 46.7 Å². The van der Waals surface area contributed by atoms with E-state index in [-0.39, 0.29) is 0 Å². The Hall–Kier alpha value is -1.07. The molecule has 1 heterocycles. The summed E-state index contributed by atoms with van der Waals surface area (Å²) in [6.07, 6.45) is 2.32. The van der Waals surface area contributed by atoms with E-state index in [9.17, 15) is 0 Å². The first-order valence-electron chi connectivity index (χ1n) is 8.97. The summed E-state index contributed by atoms with van der Waals surface area (Å²) in [6, 6.07) is 17.0. The quantitative estimate of drug-likeness (QED) is 0.479. The lowest BCUT2D eigenvalue weighted by molar-refractivity contribution is 0.321. The van der Waals surface area contributed by atoms with Gasteiger partial charge in [-0.2, -0.15) is 0 Å². The van der Waals surface area contributed by atoms with Gasteiger partial charge in [0.2, 0.25) is 0 Å². The molecule has 26 heavy (non-hydrogen) atoms. The highest BCUT2D eigenvalue weighted by Crippen LogP contribution is 2.31. The second-order valence-electron chi connectivity index (χ2n) is 7.06. The monoisotopic (exact) mass is 404 g/mol. The van der Waals surface area contributed by atoms with Gasteiger partial charge in [-0.1, -0.05) is 59.8 Å². The first-order valence-corrected chi connectivity index (χ1v) is 10.6. The molecule has 2 aromatic carbocycles. The van der Waals surface area contributed by atoms with Crippen molar-refractivity contribution in [2.75, 3.05) is 27.2 Å². The first-order chi connectivity index (χ1) is 12.5. The Morgan fingerprint density at radius 2 is 1.69 bits per heavy atom. The molecule has 1 fully saturated rings. The Bertz CT molecular complexity index is 721. The van der Waals surface area contributed by atoms with Crippen LogP contribution in [0, 0.1) is 0 Å². The lowest BCUT2D eigenvalue weighted by Gasteiger charge is -2.33. The molecule has 0 spiro atoms. The molecule has 1 aliphatic rings. The number of likely N-dealkylation sites (tertiary alicyclic amines) is 1. The zero-order valence-electron chi connectivity index (χ0n) is 15.3. The summed E-state index contributed by atoms with van der Waals surface area (Å²) in [7, 11) is 4.21. The summed E-state index contributed by atoms with van der Waals surface area (Å²) >= 11 is 13.3. The largest absolute Gasteiger partial charge is 0.357 e. The van der Waals surface area contributed by atoms with Gasteiger partial charge in [0.1, 0.15) is 4.32 Å². The number of hydrogen-bond acceptors (Lipinski definition) is 3. The van der Waals surface area contributed by atoms with Gasteiger partial charge in [-0.3, -0.25) is 0 Å². The molecule has 0 amide bonds. The third-order valence-electron chi connectivity index (χ3n) is 4.72. The van der Waals surface area contributed by atoms with Crippen LogP contribution in [0.5, 0.6) is 0 Å². The Kier molecular flexibility index (Phi) is 6.98.